The summed E-state index contributed by atoms with van der Waals surface area (Å²) in [5.74, 6) is 0. The van der Waals surface area contributed by atoms with Crippen molar-refractivity contribution in [1.29, 1.82) is 0 Å². The third kappa shape index (κ3) is 2.18. The highest BCUT2D eigenvalue weighted by atomic mass is 15.1. The summed E-state index contributed by atoms with van der Waals surface area (Å²) in [6.45, 7) is 5.10. The van der Waals surface area contributed by atoms with Crippen molar-refractivity contribution in [2.75, 3.05) is 6.54 Å². The Morgan fingerprint density at radius 3 is 2.78 bits per heavy atom. The van der Waals surface area contributed by atoms with E-state index in [0.29, 0.717) is 0 Å². The molecule has 1 aromatic heterocycles. The molecule has 0 unspecified atom stereocenters. The number of hydrogen-bond donors (Lipinski definition) is 1. The van der Waals surface area contributed by atoms with Crippen LogP contribution in [-0.4, -0.2) is 16.1 Å². The van der Waals surface area contributed by atoms with E-state index in [4.69, 9.17) is 0 Å². The zero-order valence-electron chi connectivity index (χ0n) is 10.8. The van der Waals surface area contributed by atoms with Gasteiger partial charge < -0.3 is 9.88 Å². The van der Waals surface area contributed by atoms with Crippen LogP contribution < -0.4 is 5.32 Å². The van der Waals surface area contributed by atoms with Gasteiger partial charge in [0.25, 0.3) is 0 Å². The van der Waals surface area contributed by atoms with Gasteiger partial charge in [-0.2, -0.15) is 0 Å². The van der Waals surface area contributed by atoms with Crippen molar-refractivity contribution in [1.82, 2.24) is 14.9 Å². The maximum Gasteiger partial charge on any atom is 0.0955 e. The Morgan fingerprint density at radius 2 is 2.00 bits per heavy atom. The molecule has 0 bridgehead atoms. The summed E-state index contributed by atoms with van der Waals surface area (Å²) in [7, 11) is 0. The Hall–Kier alpha value is -1.61. The SMILES string of the molecule is CCc1ccc(Cn2cnc3c2CCNC3)cc1. The lowest BCUT2D eigenvalue weighted by molar-refractivity contribution is 0.602. The lowest BCUT2D eigenvalue weighted by Gasteiger charge is -2.15. The van der Waals surface area contributed by atoms with Crippen LogP contribution in [0.1, 0.15) is 29.4 Å². The van der Waals surface area contributed by atoms with Crippen molar-refractivity contribution in [3.63, 3.8) is 0 Å². The van der Waals surface area contributed by atoms with Gasteiger partial charge in [0.15, 0.2) is 0 Å². The van der Waals surface area contributed by atoms with Crippen LogP contribution in [0.4, 0.5) is 0 Å². The zero-order valence-corrected chi connectivity index (χ0v) is 10.8. The number of aromatic nitrogens is 2. The number of imidazole rings is 1. The van der Waals surface area contributed by atoms with Gasteiger partial charge in [-0.3, -0.25) is 0 Å². The summed E-state index contributed by atoms with van der Waals surface area (Å²) in [5.41, 5.74) is 5.36. The summed E-state index contributed by atoms with van der Waals surface area (Å²) in [6.07, 6.45) is 4.17. The first-order valence-corrected chi connectivity index (χ1v) is 6.68. The van der Waals surface area contributed by atoms with Crippen LogP contribution >= 0.6 is 0 Å². The van der Waals surface area contributed by atoms with Crippen molar-refractivity contribution in [3.05, 3.63) is 53.1 Å². The van der Waals surface area contributed by atoms with Crippen LogP contribution in [0.3, 0.4) is 0 Å². The molecule has 0 atom stereocenters. The number of nitrogens with zero attached hydrogens (tertiary/aromatic N) is 2. The summed E-state index contributed by atoms with van der Waals surface area (Å²) in [4.78, 5) is 4.49. The minimum absolute atomic E-state index is 0.914. The molecular formula is C15H19N3. The van der Waals surface area contributed by atoms with Gasteiger partial charge in [-0.15, -0.1) is 0 Å². The van der Waals surface area contributed by atoms with Gasteiger partial charge in [-0.1, -0.05) is 31.2 Å². The standard InChI is InChI=1S/C15H19N3/c1-2-12-3-5-13(6-4-12)10-18-11-17-14-9-16-8-7-15(14)18/h3-6,11,16H,2,7-10H2,1H3. The second-order valence-electron chi connectivity index (χ2n) is 4.86. The zero-order chi connectivity index (χ0) is 12.4. The van der Waals surface area contributed by atoms with Gasteiger partial charge in [0.1, 0.15) is 0 Å². The lowest BCUT2D eigenvalue weighted by Crippen LogP contribution is -2.25. The fraction of sp³-hybridized carbons (Fsp3) is 0.400. The van der Waals surface area contributed by atoms with Gasteiger partial charge >= 0.3 is 0 Å². The van der Waals surface area contributed by atoms with Gasteiger partial charge in [0.2, 0.25) is 0 Å². The number of benzene rings is 1. The summed E-state index contributed by atoms with van der Waals surface area (Å²) in [5, 5.41) is 3.36. The average molecular weight is 241 g/mol. The number of hydrogen-bond acceptors (Lipinski definition) is 2. The molecule has 1 aromatic carbocycles. The normalized spacial score (nSPS) is 14.5. The number of fused-ring (bicyclic) bond motifs is 1. The quantitative estimate of drug-likeness (QED) is 0.892. The molecule has 18 heavy (non-hydrogen) atoms. The average Bonchev–Trinajstić information content (AvgIpc) is 2.83. The van der Waals surface area contributed by atoms with Gasteiger partial charge in [-0.05, 0) is 17.5 Å². The van der Waals surface area contributed by atoms with Crippen LogP contribution in [0.5, 0.6) is 0 Å². The van der Waals surface area contributed by atoms with E-state index < -0.39 is 0 Å². The summed E-state index contributed by atoms with van der Waals surface area (Å²) >= 11 is 0. The van der Waals surface area contributed by atoms with E-state index in [0.717, 1.165) is 32.5 Å². The van der Waals surface area contributed by atoms with Crippen molar-refractivity contribution < 1.29 is 0 Å². The molecule has 0 radical (unpaired) electrons. The first kappa shape index (κ1) is 11.5. The molecule has 1 N–H and O–H groups in total. The number of aryl methyl sites for hydroxylation is 1. The highest BCUT2D eigenvalue weighted by molar-refractivity contribution is 5.24. The molecule has 2 heterocycles. The van der Waals surface area contributed by atoms with E-state index in [1.165, 1.54) is 22.5 Å². The molecule has 0 amide bonds. The minimum atomic E-state index is 0.914. The fourth-order valence-corrected chi connectivity index (χ4v) is 2.51. The van der Waals surface area contributed by atoms with Crippen molar-refractivity contribution >= 4 is 0 Å². The predicted octanol–water partition coefficient (Wildman–Crippen LogP) is 2.14. The van der Waals surface area contributed by atoms with E-state index in [2.05, 4.69) is 46.1 Å². The Labute approximate surface area is 108 Å². The van der Waals surface area contributed by atoms with Crippen LogP contribution in [0.25, 0.3) is 0 Å². The second-order valence-corrected chi connectivity index (χ2v) is 4.86. The van der Waals surface area contributed by atoms with Crippen LogP contribution in [-0.2, 0) is 25.9 Å². The molecule has 0 aliphatic carbocycles. The predicted molar refractivity (Wildman–Crippen MR) is 72.6 cm³/mol. The van der Waals surface area contributed by atoms with Crippen molar-refractivity contribution in [2.24, 2.45) is 0 Å². The highest BCUT2D eigenvalue weighted by Crippen LogP contribution is 2.14. The Kier molecular flexibility index (Phi) is 3.15. The van der Waals surface area contributed by atoms with E-state index in [1.54, 1.807) is 0 Å². The molecule has 0 fully saturated rings. The number of nitrogens with one attached hydrogen (secondary N) is 1. The first-order chi connectivity index (χ1) is 8.86. The smallest absolute Gasteiger partial charge is 0.0955 e. The largest absolute Gasteiger partial charge is 0.330 e. The molecule has 3 rings (SSSR count). The minimum Gasteiger partial charge on any atom is -0.330 e. The summed E-state index contributed by atoms with van der Waals surface area (Å²) < 4.78 is 2.29. The summed E-state index contributed by atoms with van der Waals surface area (Å²) in [6, 6.07) is 8.90. The molecular weight excluding hydrogens is 222 g/mol. The third-order valence-electron chi connectivity index (χ3n) is 3.65. The molecule has 2 aromatic rings. The maximum atomic E-state index is 4.49. The Morgan fingerprint density at radius 1 is 1.22 bits per heavy atom. The van der Waals surface area contributed by atoms with Crippen molar-refractivity contribution in [2.45, 2.75) is 32.9 Å². The molecule has 0 spiro atoms. The molecule has 0 saturated carbocycles. The molecule has 3 nitrogen and oxygen atoms in total. The lowest BCUT2D eigenvalue weighted by atomic mass is 10.1. The van der Waals surface area contributed by atoms with Crippen LogP contribution in [0.2, 0.25) is 0 Å². The number of rotatable bonds is 3. The highest BCUT2D eigenvalue weighted by Gasteiger charge is 2.14. The molecule has 3 heteroatoms. The Bertz CT molecular complexity index is 525. The molecule has 1 aliphatic heterocycles. The van der Waals surface area contributed by atoms with E-state index in [1.807, 2.05) is 6.33 Å². The fourth-order valence-electron chi connectivity index (χ4n) is 2.51. The van der Waals surface area contributed by atoms with Gasteiger partial charge in [0.05, 0.1) is 12.0 Å². The van der Waals surface area contributed by atoms with Crippen molar-refractivity contribution in [3.8, 4) is 0 Å². The molecule has 0 saturated heterocycles. The van der Waals surface area contributed by atoms with Crippen LogP contribution in [0.15, 0.2) is 30.6 Å². The monoisotopic (exact) mass is 241 g/mol. The second kappa shape index (κ2) is 4.94. The van der Waals surface area contributed by atoms with E-state index in [9.17, 15) is 0 Å². The van der Waals surface area contributed by atoms with E-state index in [-0.39, 0.29) is 0 Å². The molecule has 94 valence electrons. The Balaban J connectivity index is 1.81. The van der Waals surface area contributed by atoms with Gasteiger partial charge in [0, 0.05) is 31.7 Å². The van der Waals surface area contributed by atoms with E-state index >= 15 is 0 Å². The first-order valence-electron chi connectivity index (χ1n) is 6.68. The third-order valence-corrected chi connectivity index (χ3v) is 3.65. The topological polar surface area (TPSA) is 29.9 Å². The maximum absolute atomic E-state index is 4.49. The van der Waals surface area contributed by atoms with Gasteiger partial charge in [-0.25, -0.2) is 4.98 Å². The van der Waals surface area contributed by atoms with Crippen LogP contribution in [0, 0.1) is 0 Å². The molecule has 1 aliphatic rings.